The van der Waals surface area contributed by atoms with Gasteiger partial charge in [0.05, 0.1) is 21.3 Å². The second-order valence-electron chi connectivity index (χ2n) is 3.44. The van der Waals surface area contributed by atoms with E-state index in [9.17, 15) is 0 Å². The molecule has 0 fully saturated rings. The molecule has 0 aromatic heterocycles. The summed E-state index contributed by atoms with van der Waals surface area (Å²) < 4.78 is 15.8. The molecule has 0 saturated heterocycles. The largest absolute Gasteiger partial charge is 0.493 e. The maximum absolute atomic E-state index is 6.01. The molecule has 0 spiro atoms. The van der Waals surface area contributed by atoms with Crippen molar-refractivity contribution in [2.75, 3.05) is 21.3 Å². The maximum Gasteiger partial charge on any atom is 0.203 e. The van der Waals surface area contributed by atoms with Crippen molar-refractivity contribution < 1.29 is 14.2 Å². The van der Waals surface area contributed by atoms with E-state index in [0.717, 1.165) is 12.0 Å². The Bertz CT molecular complexity index is 358. The van der Waals surface area contributed by atoms with E-state index in [2.05, 4.69) is 0 Å². The molecule has 0 radical (unpaired) electrons. The third-order valence-corrected chi connectivity index (χ3v) is 2.57. The normalized spacial score (nSPS) is 11.4. The van der Waals surface area contributed by atoms with Crippen molar-refractivity contribution in [1.82, 2.24) is 0 Å². The Balaban J connectivity index is 0.00000256. The molecule has 17 heavy (non-hydrogen) atoms. The van der Waals surface area contributed by atoms with Crippen LogP contribution in [0.25, 0.3) is 0 Å². The Morgan fingerprint density at radius 3 is 2.06 bits per heavy atom. The molecule has 2 N–H and O–H groups in total. The van der Waals surface area contributed by atoms with Crippen LogP contribution in [0.5, 0.6) is 17.2 Å². The molecule has 1 atom stereocenters. The quantitative estimate of drug-likeness (QED) is 0.885. The molecule has 0 heterocycles. The van der Waals surface area contributed by atoms with Gasteiger partial charge in [-0.3, -0.25) is 0 Å². The minimum absolute atomic E-state index is 0. The Hall–Kier alpha value is -1.13. The fourth-order valence-electron chi connectivity index (χ4n) is 1.64. The van der Waals surface area contributed by atoms with E-state index in [0.29, 0.717) is 17.2 Å². The summed E-state index contributed by atoms with van der Waals surface area (Å²) in [5.41, 5.74) is 6.94. The van der Waals surface area contributed by atoms with Crippen molar-refractivity contribution in [1.29, 1.82) is 0 Å². The summed E-state index contributed by atoms with van der Waals surface area (Å²) in [6.45, 7) is 2.03. The predicted molar refractivity (Wildman–Crippen MR) is 70.6 cm³/mol. The second kappa shape index (κ2) is 7.25. The van der Waals surface area contributed by atoms with Crippen LogP contribution >= 0.6 is 12.4 Å². The van der Waals surface area contributed by atoms with E-state index in [1.165, 1.54) is 0 Å². The molecule has 0 aliphatic rings. The molecule has 1 aromatic carbocycles. The van der Waals surface area contributed by atoms with Crippen molar-refractivity contribution in [3.05, 3.63) is 17.7 Å². The molecule has 0 bridgehead atoms. The molecule has 1 rings (SSSR count). The Labute approximate surface area is 108 Å². The standard InChI is InChI=1S/C12H19NO3.ClH/c1-5-9(13)8-6-7-10(14-2)12(16-4)11(8)15-3;/h6-7,9H,5,13H2,1-4H3;1H/t9-;/m1./s1. The number of nitrogens with two attached hydrogens (primary N) is 1. The summed E-state index contributed by atoms with van der Waals surface area (Å²) in [4.78, 5) is 0. The summed E-state index contributed by atoms with van der Waals surface area (Å²) in [5.74, 6) is 1.88. The van der Waals surface area contributed by atoms with Crippen LogP contribution in [0.2, 0.25) is 0 Å². The van der Waals surface area contributed by atoms with Gasteiger partial charge in [0, 0.05) is 11.6 Å². The van der Waals surface area contributed by atoms with Crippen LogP contribution in [0.15, 0.2) is 12.1 Å². The first-order valence-corrected chi connectivity index (χ1v) is 5.24. The van der Waals surface area contributed by atoms with Crippen LogP contribution in [0.4, 0.5) is 0 Å². The van der Waals surface area contributed by atoms with Gasteiger partial charge in [-0.2, -0.15) is 0 Å². The van der Waals surface area contributed by atoms with E-state index >= 15 is 0 Å². The third kappa shape index (κ3) is 3.17. The summed E-state index contributed by atoms with van der Waals surface area (Å²) in [6.07, 6.45) is 0.839. The number of hydrogen-bond acceptors (Lipinski definition) is 4. The van der Waals surface area contributed by atoms with E-state index < -0.39 is 0 Å². The van der Waals surface area contributed by atoms with Gasteiger partial charge in [-0.25, -0.2) is 0 Å². The summed E-state index contributed by atoms with van der Waals surface area (Å²) in [6, 6.07) is 3.69. The van der Waals surface area contributed by atoms with Gasteiger partial charge in [0.2, 0.25) is 5.75 Å². The van der Waals surface area contributed by atoms with E-state index in [1.54, 1.807) is 21.3 Å². The monoisotopic (exact) mass is 261 g/mol. The number of methoxy groups -OCH3 is 3. The molecule has 1 aromatic rings. The molecule has 0 aliphatic carbocycles. The first-order chi connectivity index (χ1) is 7.69. The van der Waals surface area contributed by atoms with Gasteiger partial charge in [-0.05, 0) is 18.6 Å². The van der Waals surface area contributed by atoms with Crippen LogP contribution in [0, 0.1) is 0 Å². The fourth-order valence-corrected chi connectivity index (χ4v) is 1.64. The lowest BCUT2D eigenvalue weighted by Crippen LogP contribution is -2.11. The number of rotatable bonds is 5. The lowest BCUT2D eigenvalue weighted by molar-refractivity contribution is 0.320. The third-order valence-electron chi connectivity index (χ3n) is 2.57. The lowest BCUT2D eigenvalue weighted by Gasteiger charge is -2.18. The highest BCUT2D eigenvalue weighted by Crippen LogP contribution is 2.41. The predicted octanol–water partition coefficient (Wildman–Crippen LogP) is 2.54. The molecule has 0 saturated carbocycles. The molecule has 0 aliphatic heterocycles. The highest BCUT2D eigenvalue weighted by atomic mass is 35.5. The summed E-state index contributed by atoms with van der Waals surface area (Å²) in [7, 11) is 4.78. The number of benzene rings is 1. The minimum Gasteiger partial charge on any atom is -0.493 e. The van der Waals surface area contributed by atoms with Crippen LogP contribution in [-0.4, -0.2) is 21.3 Å². The first-order valence-electron chi connectivity index (χ1n) is 5.24. The SMILES string of the molecule is CC[C@@H](N)c1ccc(OC)c(OC)c1OC.Cl. The van der Waals surface area contributed by atoms with Gasteiger partial charge in [0.25, 0.3) is 0 Å². The van der Waals surface area contributed by atoms with Gasteiger partial charge in [-0.15, -0.1) is 12.4 Å². The number of halogens is 1. The van der Waals surface area contributed by atoms with Crippen molar-refractivity contribution in [3.8, 4) is 17.2 Å². The zero-order chi connectivity index (χ0) is 12.1. The van der Waals surface area contributed by atoms with Gasteiger partial charge in [0.1, 0.15) is 0 Å². The minimum atomic E-state index is -0.0604. The van der Waals surface area contributed by atoms with Crippen molar-refractivity contribution in [2.45, 2.75) is 19.4 Å². The summed E-state index contributed by atoms with van der Waals surface area (Å²) >= 11 is 0. The molecule has 4 nitrogen and oxygen atoms in total. The highest BCUT2D eigenvalue weighted by molar-refractivity contribution is 5.85. The van der Waals surface area contributed by atoms with Gasteiger partial charge < -0.3 is 19.9 Å². The van der Waals surface area contributed by atoms with E-state index in [1.807, 2.05) is 19.1 Å². The fraction of sp³-hybridized carbons (Fsp3) is 0.500. The van der Waals surface area contributed by atoms with E-state index in [4.69, 9.17) is 19.9 Å². The van der Waals surface area contributed by atoms with Gasteiger partial charge >= 0.3 is 0 Å². The smallest absolute Gasteiger partial charge is 0.203 e. The maximum atomic E-state index is 6.01. The Morgan fingerprint density at radius 1 is 1.06 bits per heavy atom. The van der Waals surface area contributed by atoms with Gasteiger partial charge in [-0.1, -0.05) is 6.92 Å². The Kier molecular flexibility index (Phi) is 6.76. The number of hydrogen-bond donors (Lipinski definition) is 1. The molecule has 98 valence electrons. The lowest BCUT2D eigenvalue weighted by atomic mass is 10.0. The van der Waals surface area contributed by atoms with Crippen LogP contribution < -0.4 is 19.9 Å². The molecular weight excluding hydrogens is 242 g/mol. The Morgan fingerprint density at radius 2 is 1.65 bits per heavy atom. The number of ether oxygens (including phenoxy) is 3. The van der Waals surface area contributed by atoms with Crippen LogP contribution in [-0.2, 0) is 0 Å². The van der Waals surface area contributed by atoms with Crippen molar-refractivity contribution in [3.63, 3.8) is 0 Å². The van der Waals surface area contributed by atoms with Crippen LogP contribution in [0.3, 0.4) is 0 Å². The summed E-state index contributed by atoms with van der Waals surface area (Å²) in [5, 5.41) is 0. The topological polar surface area (TPSA) is 53.7 Å². The van der Waals surface area contributed by atoms with Crippen molar-refractivity contribution in [2.24, 2.45) is 5.73 Å². The zero-order valence-electron chi connectivity index (χ0n) is 10.6. The average Bonchev–Trinajstić information content (AvgIpc) is 2.35. The highest BCUT2D eigenvalue weighted by Gasteiger charge is 2.18. The average molecular weight is 262 g/mol. The van der Waals surface area contributed by atoms with Crippen LogP contribution in [0.1, 0.15) is 24.9 Å². The van der Waals surface area contributed by atoms with E-state index in [-0.39, 0.29) is 18.4 Å². The molecular formula is C12H20ClNO3. The molecule has 5 heteroatoms. The molecule has 0 amide bonds. The first kappa shape index (κ1) is 15.9. The second-order valence-corrected chi connectivity index (χ2v) is 3.44. The van der Waals surface area contributed by atoms with Gasteiger partial charge in [0.15, 0.2) is 11.5 Å². The van der Waals surface area contributed by atoms with Crippen molar-refractivity contribution >= 4 is 12.4 Å². The zero-order valence-corrected chi connectivity index (χ0v) is 11.5. The molecule has 0 unspecified atom stereocenters.